The quantitative estimate of drug-likeness (QED) is 0.258. The highest BCUT2D eigenvalue weighted by atomic mass is 79.9. The molecule has 0 aliphatic rings. The van der Waals surface area contributed by atoms with E-state index in [0.29, 0.717) is 16.9 Å². The van der Waals surface area contributed by atoms with Crippen LogP contribution in [0, 0.1) is 12.7 Å². The standard InChI is InChI=1S/C22H16BrFN2O3/c1-14-2-4-16(5-3-14)22(28)29-20-11-8-18(23)12-17(20)13-25-26-21(27)15-6-9-19(24)10-7-15/h2-13H,1H3,(H,26,27)/b25-13-. The van der Waals surface area contributed by atoms with E-state index in [-0.39, 0.29) is 5.56 Å². The van der Waals surface area contributed by atoms with Gasteiger partial charge in [0, 0.05) is 15.6 Å². The molecule has 0 spiro atoms. The van der Waals surface area contributed by atoms with Gasteiger partial charge in [0.1, 0.15) is 11.6 Å². The van der Waals surface area contributed by atoms with Gasteiger partial charge in [0.15, 0.2) is 0 Å². The number of rotatable bonds is 5. The molecule has 1 amide bonds. The first-order chi connectivity index (χ1) is 13.9. The van der Waals surface area contributed by atoms with Crippen molar-refractivity contribution >= 4 is 34.0 Å². The SMILES string of the molecule is Cc1ccc(C(=O)Oc2ccc(Br)cc2/C=N\NC(=O)c2ccc(F)cc2)cc1. The van der Waals surface area contributed by atoms with Gasteiger partial charge >= 0.3 is 5.97 Å². The molecule has 0 atom stereocenters. The molecule has 0 aliphatic carbocycles. The molecule has 0 aromatic heterocycles. The lowest BCUT2D eigenvalue weighted by atomic mass is 10.1. The van der Waals surface area contributed by atoms with Gasteiger partial charge in [0.25, 0.3) is 5.91 Å². The number of nitrogens with zero attached hydrogens (tertiary/aromatic N) is 1. The molecule has 7 heteroatoms. The minimum atomic E-state index is -0.502. The maximum atomic E-state index is 12.9. The lowest BCUT2D eigenvalue weighted by Gasteiger charge is -2.08. The highest BCUT2D eigenvalue weighted by molar-refractivity contribution is 9.10. The average Bonchev–Trinajstić information content (AvgIpc) is 2.70. The molecule has 3 aromatic rings. The second-order valence-electron chi connectivity index (χ2n) is 6.14. The number of amides is 1. The van der Waals surface area contributed by atoms with Crippen LogP contribution >= 0.6 is 15.9 Å². The summed E-state index contributed by atoms with van der Waals surface area (Å²) >= 11 is 3.35. The molecule has 3 aromatic carbocycles. The summed E-state index contributed by atoms with van der Waals surface area (Å²) in [5.41, 5.74) is 4.57. The number of esters is 1. The number of benzene rings is 3. The van der Waals surface area contributed by atoms with E-state index in [1.54, 1.807) is 30.3 Å². The second-order valence-corrected chi connectivity index (χ2v) is 7.06. The van der Waals surface area contributed by atoms with Crippen molar-refractivity contribution in [1.29, 1.82) is 0 Å². The summed E-state index contributed by atoms with van der Waals surface area (Å²) in [6.45, 7) is 1.93. The van der Waals surface area contributed by atoms with Gasteiger partial charge in [-0.15, -0.1) is 0 Å². The molecule has 0 aliphatic heterocycles. The molecule has 1 N–H and O–H groups in total. The summed E-state index contributed by atoms with van der Waals surface area (Å²) in [7, 11) is 0. The smallest absolute Gasteiger partial charge is 0.343 e. The van der Waals surface area contributed by atoms with Crippen LogP contribution in [0.5, 0.6) is 5.75 Å². The monoisotopic (exact) mass is 454 g/mol. The minimum absolute atomic E-state index is 0.267. The summed E-state index contributed by atoms with van der Waals surface area (Å²) in [4.78, 5) is 24.4. The molecule has 29 heavy (non-hydrogen) atoms. The first-order valence-electron chi connectivity index (χ1n) is 8.60. The average molecular weight is 455 g/mol. The van der Waals surface area contributed by atoms with E-state index in [4.69, 9.17) is 4.74 Å². The van der Waals surface area contributed by atoms with E-state index >= 15 is 0 Å². The Morgan fingerprint density at radius 3 is 2.34 bits per heavy atom. The lowest BCUT2D eigenvalue weighted by molar-refractivity contribution is 0.0734. The zero-order valence-corrected chi connectivity index (χ0v) is 16.9. The summed E-state index contributed by atoms with van der Waals surface area (Å²) in [6, 6.07) is 17.2. The van der Waals surface area contributed by atoms with Crippen LogP contribution in [-0.4, -0.2) is 18.1 Å². The van der Waals surface area contributed by atoms with Crippen molar-refractivity contribution in [3.63, 3.8) is 0 Å². The zero-order chi connectivity index (χ0) is 20.8. The zero-order valence-electron chi connectivity index (χ0n) is 15.4. The van der Waals surface area contributed by atoms with E-state index in [1.165, 1.54) is 30.5 Å². The molecule has 3 rings (SSSR count). The fourth-order valence-corrected chi connectivity index (χ4v) is 2.77. The van der Waals surface area contributed by atoms with Crippen molar-refractivity contribution < 1.29 is 18.7 Å². The van der Waals surface area contributed by atoms with Gasteiger partial charge < -0.3 is 4.74 Å². The van der Waals surface area contributed by atoms with Crippen LogP contribution in [0.4, 0.5) is 4.39 Å². The Morgan fingerprint density at radius 1 is 1.00 bits per heavy atom. The maximum absolute atomic E-state index is 12.9. The Labute approximate surface area is 175 Å². The van der Waals surface area contributed by atoms with Crippen molar-refractivity contribution in [2.75, 3.05) is 0 Å². The van der Waals surface area contributed by atoms with Crippen LogP contribution in [0.25, 0.3) is 0 Å². The largest absolute Gasteiger partial charge is 0.422 e. The number of carbonyl (C=O) groups is 2. The maximum Gasteiger partial charge on any atom is 0.343 e. The van der Waals surface area contributed by atoms with Crippen LogP contribution in [0.2, 0.25) is 0 Å². The van der Waals surface area contributed by atoms with Crippen LogP contribution in [-0.2, 0) is 0 Å². The number of carbonyl (C=O) groups excluding carboxylic acids is 2. The van der Waals surface area contributed by atoms with Gasteiger partial charge in [-0.3, -0.25) is 4.79 Å². The van der Waals surface area contributed by atoms with Gasteiger partial charge in [0.2, 0.25) is 0 Å². The highest BCUT2D eigenvalue weighted by Crippen LogP contribution is 2.23. The summed E-state index contributed by atoms with van der Waals surface area (Å²) < 4.78 is 19.2. The fraction of sp³-hybridized carbons (Fsp3) is 0.0455. The summed E-state index contributed by atoms with van der Waals surface area (Å²) in [5, 5.41) is 3.90. The molecule has 0 saturated carbocycles. The van der Waals surface area contributed by atoms with Crippen LogP contribution in [0.15, 0.2) is 76.3 Å². The third-order valence-electron chi connectivity index (χ3n) is 3.94. The van der Waals surface area contributed by atoms with Gasteiger partial charge in [-0.1, -0.05) is 33.6 Å². The Morgan fingerprint density at radius 2 is 1.66 bits per heavy atom. The first kappa shape index (κ1) is 20.4. The third-order valence-corrected chi connectivity index (χ3v) is 4.43. The van der Waals surface area contributed by atoms with E-state index < -0.39 is 17.7 Å². The lowest BCUT2D eigenvalue weighted by Crippen LogP contribution is -2.17. The van der Waals surface area contributed by atoms with Crippen molar-refractivity contribution in [2.45, 2.75) is 6.92 Å². The van der Waals surface area contributed by atoms with Crippen molar-refractivity contribution in [3.05, 3.63) is 99.3 Å². The summed E-state index contributed by atoms with van der Waals surface area (Å²) in [6.07, 6.45) is 1.37. The van der Waals surface area contributed by atoms with Gasteiger partial charge in [-0.25, -0.2) is 14.6 Å². The Balaban J connectivity index is 1.73. The molecule has 0 fully saturated rings. The molecule has 0 saturated heterocycles. The number of hydrogen-bond donors (Lipinski definition) is 1. The number of hydrogen-bond acceptors (Lipinski definition) is 4. The molecular weight excluding hydrogens is 439 g/mol. The topological polar surface area (TPSA) is 67.8 Å². The van der Waals surface area contributed by atoms with E-state index in [0.717, 1.165) is 10.0 Å². The molecule has 0 heterocycles. The normalized spacial score (nSPS) is 10.7. The van der Waals surface area contributed by atoms with Crippen molar-refractivity contribution in [3.8, 4) is 5.75 Å². The van der Waals surface area contributed by atoms with Gasteiger partial charge in [-0.2, -0.15) is 5.10 Å². The van der Waals surface area contributed by atoms with Crippen molar-refractivity contribution in [1.82, 2.24) is 5.43 Å². The Hall–Kier alpha value is -3.32. The van der Waals surface area contributed by atoms with Gasteiger partial charge in [0.05, 0.1) is 11.8 Å². The molecule has 0 radical (unpaired) electrons. The predicted octanol–water partition coefficient (Wildman–Crippen LogP) is 4.88. The van der Waals surface area contributed by atoms with Gasteiger partial charge in [-0.05, 0) is 61.5 Å². The van der Waals surface area contributed by atoms with E-state index in [9.17, 15) is 14.0 Å². The molecule has 5 nitrogen and oxygen atoms in total. The molecular formula is C22H16BrFN2O3. The Bertz CT molecular complexity index is 1060. The predicted molar refractivity (Wildman–Crippen MR) is 112 cm³/mol. The number of nitrogens with one attached hydrogen (secondary N) is 1. The van der Waals surface area contributed by atoms with Crippen LogP contribution < -0.4 is 10.2 Å². The molecule has 0 unspecified atom stereocenters. The van der Waals surface area contributed by atoms with E-state index in [1.807, 2.05) is 19.1 Å². The van der Waals surface area contributed by atoms with Crippen LogP contribution in [0.1, 0.15) is 31.8 Å². The minimum Gasteiger partial charge on any atom is -0.422 e. The number of aryl methyl sites for hydroxylation is 1. The highest BCUT2D eigenvalue weighted by Gasteiger charge is 2.12. The molecule has 146 valence electrons. The second kappa shape index (κ2) is 9.25. The van der Waals surface area contributed by atoms with E-state index in [2.05, 4.69) is 26.5 Å². The van der Waals surface area contributed by atoms with Crippen molar-refractivity contribution in [2.24, 2.45) is 5.10 Å². The summed E-state index contributed by atoms with van der Waals surface area (Å²) in [5.74, 6) is -1.13. The van der Waals surface area contributed by atoms with Crippen LogP contribution in [0.3, 0.4) is 0 Å². The number of hydrazone groups is 1. The first-order valence-corrected chi connectivity index (χ1v) is 9.39. The number of ether oxygens (including phenoxy) is 1. The number of halogens is 2. The third kappa shape index (κ3) is 5.58. The fourth-order valence-electron chi connectivity index (χ4n) is 2.39. The molecule has 0 bridgehead atoms. The Kier molecular flexibility index (Phi) is 6.51.